The second-order valence-electron chi connectivity index (χ2n) is 6.28. The molecule has 0 bridgehead atoms. The Kier molecular flexibility index (Phi) is 5.91. The zero-order valence-electron chi connectivity index (χ0n) is 15.8. The van der Waals surface area contributed by atoms with Crippen LogP contribution in [0.2, 0.25) is 0 Å². The van der Waals surface area contributed by atoms with E-state index in [1.165, 1.54) is 6.20 Å². The lowest BCUT2D eigenvalue weighted by atomic mass is 10.2. The van der Waals surface area contributed by atoms with Crippen LogP contribution in [0.5, 0.6) is 0 Å². The van der Waals surface area contributed by atoms with E-state index in [9.17, 15) is 30.0 Å². The van der Waals surface area contributed by atoms with Crippen LogP contribution in [-0.2, 0) is 26.2 Å². The average molecular weight is 472 g/mol. The Balaban J connectivity index is 1.80. The van der Waals surface area contributed by atoms with E-state index >= 15 is 0 Å². The van der Waals surface area contributed by atoms with Crippen LogP contribution in [0.25, 0.3) is 0 Å². The van der Waals surface area contributed by atoms with Gasteiger partial charge in [-0.25, -0.2) is 31.5 Å². The van der Waals surface area contributed by atoms with Crippen molar-refractivity contribution in [2.24, 2.45) is 0 Å². The third-order valence-corrected chi connectivity index (χ3v) is 6.63. The van der Waals surface area contributed by atoms with Crippen molar-refractivity contribution in [3.05, 3.63) is 72.1 Å². The van der Waals surface area contributed by atoms with Crippen molar-refractivity contribution in [2.75, 3.05) is 9.44 Å². The molecule has 31 heavy (non-hydrogen) atoms. The van der Waals surface area contributed by atoms with Gasteiger partial charge in [0.05, 0.1) is 15.4 Å². The number of alkyl halides is 3. The highest BCUT2D eigenvalue weighted by Gasteiger charge is 2.31. The Bertz CT molecular complexity index is 1310. The molecule has 0 unspecified atom stereocenters. The molecule has 0 fully saturated rings. The zero-order chi connectivity index (χ0) is 22.9. The Hall–Kier alpha value is -3.19. The normalized spacial score (nSPS) is 12.4. The van der Waals surface area contributed by atoms with Gasteiger partial charge in [0.25, 0.3) is 20.0 Å². The number of anilines is 2. The van der Waals surface area contributed by atoms with Crippen molar-refractivity contribution in [3.63, 3.8) is 0 Å². The number of sulfonamides is 2. The summed E-state index contributed by atoms with van der Waals surface area (Å²) >= 11 is 0. The molecule has 0 amide bonds. The van der Waals surface area contributed by atoms with Gasteiger partial charge in [-0.2, -0.15) is 13.2 Å². The van der Waals surface area contributed by atoms with Crippen molar-refractivity contribution in [2.45, 2.75) is 22.9 Å². The van der Waals surface area contributed by atoms with Crippen molar-refractivity contribution in [1.82, 2.24) is 9.97 Å². The van der Waals surface area contributed by atoms with Gasteiger partial charge in [-0.3, -0.25) is 4.72 Å². The molecule has 3 aromatic rings. The van der Waals surface area contributed by atoms with Gasteiger partial charge in [-0.15, -0.1) is 0 Å². The molecule has 2 N–H and O–H groups in total. The van der Waals surface area contributed by atoms with Crippen molar-refractivity contribution in [3.8, 4) is 0 Å². The van der Waals surface area contributed by atoms with Crippen LogP contribution < -0.4 is 9.44 Å². The molecule has 0 atom stereocenters. The lowest BCUT2D eigenvalue weighted by Gasteiger charge is -2.12. The van der Waals surface area contributed by atoms with Gasteiger partial charge in [0.15, 0.2) is 0 Å². The molecule has 164 valence electrons. The minimum atomic E-state index is -4.70. The number of rotatable bonds is 6. The van der Waals surface area contributed by atoms with E-state index in [1.807, 2.05) is 0 Å². The minimum Gasteiger partial charge on any atom is -0.280 e. The molecule has 8 nitrogen and oxygen atoms in total. The summed E-state index contributed by atoms with van der Waals surface area (Å²) in [7, 11) is -8.37. The maximum Gasteiger partial charge on any atom is 0.416 e. The molecule has 0 aliphatic heterocycles. The molecular weight excluding hydrogens is 457 g/mol. The van der Waals surface area contributed by atoms with Gasteiger partial charge in [0.2, 0.25) is 5.95 Å². The van der Waals surface area contributed by atoms with Gasteiger partial charge in [-0.05, 0) is 55.5 Å². The third-order valence-electron chi connectivity index (χ3n) is 3.91. The maximum absolute atomic E-state index is 12.8. The van der Waals surface area contributed by atoms with E-state index in [0.29, 0.717) is 11.8 Å². The van der Waals surface area contributed by atoms with Crippen LogP contribution in [0.15, 0.2) is 70.6 Å². The average Bonchev–Trinajstić information content (AvgIpc) is 2.67. The van der Waals surface area contributed by atoms with Crippen molar-refractivity contribution in [1.29, 1.82) is 0 Å². The number of nitrogens with one attached hydrogen (secondary N) is 2. The van der Waals surface area contributed by atoms with Gasteiger partial charge >= 0.3 is 6.18 Å². The standard InChI is InChI=1S/C18H15F3N4O4S2/c1-12-9-10-22-17(23-12)25-30(26,27)15-7-5-14(6-8-15)24-31(28,29)16-4-2-3-13(11-16)18(19,20)21/h2-11,24H,1H3,(H,22,23,25). The van der Waals surface area contributed by atoms with Crippen LogP contribution in [0.3, 0.4) is 0 Å². The predicted octanol–water partition coefficient (Wildman–Crippen LogP) is 3.41. The molecule has 0 aliphatic carbocycles. The Labute approximate surface area is 176 Å². The highest BCUT2D eigenvalue weighted by atomic mass is 32.2. The van der Waals surface area contributed by atoms with Crippen LogP contribution in [-0.4, -0.2) is 26.8 Å². The van der Waals surface area contributed by atoms with Crippen molar-refractivity contribution < 1.29 is 30.0 Å². The SMILES string of the molecule is Cc1ccnc(NS(=O)(=O)c2ccc(NS(=O)(=O)c3cccc(C(F)(F)F)c3)cc2)n1. The van der Waals surface area contributed by atoms with Crippen LogP contribution in [0.1, 0.15) is 11.3 Å². The Morgan fingerprint density at radius 1 is 0.839 bits per heavy atom. The van der Waals surface area contributed by atoms with Crippen LogP contribution in [0.4, 0.5) is 24.8 Å². The highest BCUT2D eigenvalue weighted by molar-refractivity contribution is 7.93. The number of hydrogen-bond acceptors (Lipinski definition) is 6. The molecule has 1 aromatic heterocycles. The molecule has 2 aromatic carbocycles. The first kappa shape index (κ1) is 22.5. The summed E-state index contributed by atoms with van der Waals surface area (Å²) in [6.45, 7) is 1.66. The lowest BCUT2D eigenvalue weighted by Crippen LogP contribution is -2.16. The monoisotopic (exact) mass is 472 g/mol. The van der Waals surface area contributed by atoms with E-state index in [0.717, 1.165) is 42.5 Å². The van der Waals surface area contributed by atoms with Crippen molar-refractivity contribution >= 4 is 31.7 Å². The molecule has 0 saturated heterocycles. The highest BCUT2D eigenvalue weighted by Crippen LogP contribution is 2.31. The fraction of sp³-hybridized carbons (Fsp3) is 0.111. The zero-order valence-corrected chi connectivity index (χ0v) is 17.4. The van der Waals surface area contributed by atoms with E-state index in [2.05, 4.69) is 19.4 Å². The second-order valence-corrected chi connectivity index (χ2v) is 9.65. The third kappa shape index (κ3) is 5.49. The number of aryl methyl sites for hydroxylation is 1. The van der Waals surface area contributed by atoms with Gasteiger partial charge in [-0.1, -0.05) is 6.07 Å². The molecule has 13 heteroatoms. The fourth-order valence-corrected chi connectivity index (χ4v) is 4.49. The maximum atomic E-state index is 12.8. The smallest absolute Gasteiger partial charge is 0.280 e. The summed E-state index contributed by atoms with van der Waals surface area (Å²) in [5, 5.41) is 0. The lowest BCUT2D eigenvalue weighted by molar-refractivity contribution is -0.137. The summed E-state index contributed by atoms with van der Waals surface area (Å²) in [4.78, 5) is 6.96. The largest absolute Gasteiger partial charge is 0.416 e. The van der Waals surface area contributed by atoms with E-state index in [-0.39, 0.29) is 16.5 Å². The first-order valence-electron chi connectivity index (χ1n) is 8.49. The van der Waals surface area contributed by atoms with Gasteiger partial charge in [0.1, 0.15) is 0 Å². The molecule has 0 spiro atoms. The second kappa shape index (κ2) is 8.15. The van der Waals surface area contributed by atoms with Crippen LogP contribution >= 0.6 is 0 Å². The summed E-state index contributed by atoms with van der Waals surface area (Å²) < 4.78 is 92.5. The van der Waals surface area contributed by atoms with E-state index in [4.69, 9.17) is 0 Å². The Morgan fingerprint density at radius 3 is 2.10 bits per heavy atom. The number of benzene rings is 2. The number of nitrogens with zero attached hydrogens (tertiary/aromatic N) is 2. The summed E-state index contributed by atoms with van der Waals surface area (Å²) in [5.74, 6) is -0.130. The molecular formula is C18H15F3N4O4S2. The number of aromatic nitrogens is 2. The molecule has 0 radical (unpaired) electrons. The molecule has 1 heterocycles. The van der Waals surface area contributed by atoms with Crippen LogP contribution in [0, 0.1) is 6.92 Å². The number of halogens is 3. The molecule has 0 aliphatic rings. The topological polar surface area (TPSA) is 118 Å². The quantitative estimate of drug-likeness (QED) is 0.568. The number of hydrogen-bond donors (Lipinski definition) is 2. The minimum absolute atomic E-state index is 0.0387. The van der Waals surface area contributed by atoms with E-state index in [1.54, 1.807) is 13.0 Å². The first-order valence-corrected chi connectivity index (χ1v) is 11.5. The molecule has 0 saturated carbocycles. The predicted molar refractivity (Wildman–Crippen MR) is 106 cm³/mol. The van der Waals surface area contributed by atoms with E-state index < -0.39 is 36.7 Å². The molecule has 3 rings (SSSR count). The van der Waals surface area contributed by atoms with Gasteiger partial charge in [0, 0.05) is 17.6 Å². The first-order chi connectivity index (χ1) is 14.4. The Morgan fingerprint density at radius 2 is 1.48 bits per heavy atom. The van der Waals surface area contributed by atoms with Gasteiger partial charge < -0.3 is 0 Å². The summed E-state index contributed by atoms with van der Waals surface area (Å²) in [6, 6.07) is 9.42. The summed E-state index contributed by atoms with van der Waals surface area (Å²) in [6.07, 6.45) is -3.32. The fourth-order valence-electron chi connectivity index (χ4n) is 2.43. The summed E-state index contributed by atoms with van der Waals surface area (Å²) in [5.41, 5.74) is -0.600.